The normalized spacial score (nSPS) is 10.9. The Kier molecular flexibility index (Phi) is 4.17. The first-order chi connectivity index (χ1) is 10.3. The van der Waals surface area contributed by atoms with Crippen LogP contribution in [0, 0.1) is 0 Å². The van der Waals surface area contributed by atoms with E-state index in [2.05, 4.69) is 35.8 Å². The summed E-state index contributed by atoms with van der Waals surface area (Å²) in [7, 11) is 0. The average molecular weight is 289 g/mol. The van der Waals surface area contributed by atoms with Crippen molar-refractivity contribution in [3.63, 3.8) is 0 Å². The topological polar surface area (TPSA) is 12.4 Å². The van der Waals surface area contributed by atoms with Crippen molar-refractivity contribution in [1.82, 2.24) is 0 Å². The van der Waals surface area contributed by atoms with Crippen LogP contribution in [0.25, 0.3) is 11.1 Å². The second-order valence-corrected chi connectivity index (χ2v) is 5.15. The van der Waals surface area contributed by atoms with Gasteiger partial charge >= 0.3 is 0 Å². The molecule has 3 aromatic carbocycles. The third-order valence-electron chi connectivity index (χ3n) is 3.26. The Morgan fingerprint density at radius 1 is 0.714 bits per heavy atom. The van der Waals surface area contributed by atoms with Gasteiger partial charge in [-0.05, 0) is 23.3 Å². The van der Waals surface area contributed by atoms with Gasteiger partial charge in [0.25, 0.3) is 0 Å². The Morgan fingerprint density at radius 3 is 2.10 bits per heavy atom. The van der Waals surface area contributed by atoms with Crippen LogP contribution in [-0.2, 0) is 0 Å². The monoisotopic (exact) mass is 289 g/mol. The molecule has 0 radical (unpaired) electrons. The fourth-order valence-corrected chi connectivity index (χ4v) is 2.51. The molecule has 0 aromatic heterocycles. The van der Waals surface area contributed by atoms with E-state index in [9.17, 15) is 0 Å². The number of hydrogen-bond acceptors (Lipinski definition) is 2. The fourth-order valence-electron chi connectivity index (χ4n) is 2.17. The number of rotatable bonds is 3. The quantitative estimate of drug-likeness (QED) is 0.490. The van der Waals surface area contributed by atoms with Crippen molar-refractivity contribution < 1.29 is 0 Å². The molecule has 0 bridgehead atoms. The molecular weight excluding hydrogens is 274 g/mol. The van der Waals surface area contributed by atoms with Crippen LogP contribution in [0.5, 0.6) is 0 Å². The summed E-state index contributed by atoms with van der Waals surface area (Å²) in [5.74, 6) is 0. The van der Waals surface area contributed by atoms with E-state index in [0.29, 0.717) is 0 Å². The minimum absolute atomic E-state index is 0.940. The third kappa shape index (κ3) is 3.23. The summed E-state index contributed by atoms with van der Waals surface area (Å²) in [4.78, 5) is 5.45. The van der Waals surface area contributed by atoms with Gasteiger partial charge in [0.2, 0.25) is 0 Å². The van der Waals surface area contributed by atoms with E-state index in [0.717, 1.165) is 27.3 Å². The molecule has 0 unspecified atom stereocenters. The zero-order chi connectivity index (χ0) is 14.5. The number of benzene rings is 3. The second kappa shape index (κ2) is 6.42. The van der Waals surface area contributed by atoms with Gasteiger partial charge in [-0.3, -0.25) is 4.99 Å². The molecule has 0 fully saturated rings. The van der Waals surface area contributed by atoms with Gasteiger partial charge in [0, 0.05) is 16.7 Å². The number of thiol groups is 1. The Labute approximate surface area is 130 Å². The third-order valence-corrected chi connectivity index (χ3v) is 3.76. The van der Waals surface area contributed by atoms with Gasteiger partial charge in [-0.2, -0.15) is 0 Å². The predicted octanol–water partition coefficient (Wildman–Crippen LogP) is 5.39. The Morgan fingerprint density at radius 2 is 1.38 bits per heavy atom. The highest BCUT2D eigenvalue weighted by molar-refractivity contribution is 7.80. The van der Waals surface area contributed by atoms with Crippen LogP contribution in [0.4, 0.5) is 5.69 Å². The maximum atomic E-state index is 4.68. The molecule has 3 aromatic rings. The number of para-hydroxylation sites is 1. The summed E-state index contributed by atoms with van der Waals surface area (Å²) in [6, 6.07) is 26.3. The van der Waals surface area contributed by atoms with E-state index in [1.54, 1.807) is 0 Å². The van der Waals surface area contributed by atoms with E-state index < -0.39 is 0 Å². The van der Waals surface area contributed by atoms with E-state index in [4.69, 9.17) is 0 Å². The summed E-state index contributed by atoms with van der Waals surface area (Å²) in [6.07, 6.45) is 1.87. The van der Waals surface area contributed by atoms with Crippen LogP contribution < -0.4 is 0 Å². The van der Waals surface area contributed by atoms with Gasteiger partial charge in [-0.15, -0.1) is 12.6 Å². The van der Waals surface area contributed by atoms with E-state index in [-0.39, 0.29) is 0 Å². The molecule has 21 heavy (non-hydrogen) atoms. The van der Waals surface area contributed by atoms with Gasteiger partial charge in [0.05, 0.1) is 5.69 Å². The van der Waals surface area contributed by atoms with Crippen molar-refractivity contribution in [2.75, 3.05) is 0 Å². The molecule has 0 atom stereocenters. The number of aliphatic imine (C=N–C) groups is 1. The highest BCUT2D eigenvalue weighted by atomic mass is 32.1. The number of nitrogens with zero attached hydrogens (tertiary/aromatic N) is 1. The molecule has 0 spiro atoms. The second-order valence-electron chi connectivity index (χ2n) is 4.70. The Balaban J connectivity index is 1.96. The van der Waals surface area contributed by atoms with E-state index in [1.807, 2.05) is 66.9 Å². The minimum atomic E-state index is 0.940. The summed E-state index contributed by atoms with van der Waals surface area (Å²) in [5.41, 5.74) is 4.24. The van der Waals surface area contributed by atoms with Gasteiger partial charge in [0.1, 0.15) is 0 Å². The molecule has 0 heterocycles. The molecule has 0 saturated heterocycles. The average Bonchev–Trinajstić information content (AvgIpc) is 2.56. The molecule has 102 valence electrons. The molecule has 0 N–H and O–H groups in total. The van der Waals surface area contributed by atoms with E-state index in [1.165, 1.54) is 0 Å². The van der Waals surface area contributed by atoms with Crippen LogP contribution in [0.15, 0.2) is 88.8 Å². The van der Waals surface area contributed by atoms with E-state index >= 15 is 0 Å². The largest absolute Gasteiger partial charge is 0.256 e. The van der Waals surface area contributed by atoms with Crippen LogP contribution in [0.3, 0.4) is 0 Å². The summed E-state index contributed by atoms with van der Waals surface area (Å²) in [5, 5.41) is 0. The lowest BCUT2D eigenvalue weighted by Gasteiger charge is -2.07. The lowest BCUT2D eigenvalue weighted by molar-refractivity contribution is 1.42. The summed E-state index contributed by atoms with van der Waals surface area (Å²) < 4.78 is 0. The van der Waals surface area contributed by atoms with Crippen molar-refractivity contribution in [2.45, 2.75) is 4.90 Å². The lowest BCUT2D eigenvalue weighted by atomic mass is 10.0. The van der Waals surface area contributed by atoms with Crippen LogP contribution in [0.2, 0.25) is 0 Å². The highest BCUT2D eigenvalue weighted by Crippen LogP contribution is 2.28. The molecule has 0 aliphatic carbocycles. The summed E-state index contributed by atoms with van der Waals surface area (Å²) >= 11 is 4.68. The maximum absolute atomic E-state index is 4.68. The molecule has 2 heteroatoms. The Hall–Kier alpha value is -2.32. The first-order valence-electron chi connectivity index (χ1n) is 6.81. The first kappa shape index (κ1) is 13.7. The van der Waals surface area contributed by atoms with Crippen molar-refractivity contribution in [2.24, 2.45) is 4.99 Å². The minimum Gasteiger partial charge on any atom is -0.256 e. The van der Waals surface area contributed by atoms with Gasteiger partial charge in [-0.1, -0.05) is 66.7 Å². The van der Waals surface area contributed by atoms with Crippen molar-refractivity contribution in [3.8, 4) is 11.1 Å². The lowest BCUT2D eigenvalue weighted by Crippen LogP contribution is -1.88. The zero-order valence-electron chi connectivity index (χ0n) is 11.5. The fraction of sp³-hybridized carbons (Fsp3) is 0. The molecule has 3 rings (SSSR count). The summed E-state index contributed by atoms with van der Waals surface area (Å²) in [6.45, 7) is 0. The van der Waals surface area contributed by atoms with Gasteiger partial charge < -0.3 is 0 Å². The standard InChI is InChI=1S/C19H15NS/c21-19-16(14-20-17-11-5-2-6-12-17)10-7-13-18(19)15-8-3-1-4-9-15/h1-14,21H. The first-order valence-corrected chi connectivity index (χ1v) is 7.26. The molecule has 0 saturated carbocycles. The van der Waals surface area contributed by atoms with Crippen LogP contribution in [-0.4, -0.2) is 6.21 Å². The SMILES string of the molecule is Sc1c(C=Nc2ccccc2)cccc1-c1ccccc1. The zero-order valence-corrected chi connectivity index (χ0v) is 12.4. The Bertz CT molecular complexity index is 749. The van der Waals surface area contributed by atoms with Crippen LogP contribution in [0.1, 0.15) is 5.56 Å². The molecule has 0 aliphatic rings. The predicted molar refractivity (Wildman–Crippen MR) is 92.8 cm³/mol. The highest BCUT2D eigenvalue weighted by Gasteiger charge is 2.05. The smallest absolute Gasteiger partial charge is 0.0629 e. The van der Waals surface area contributed by atoms with Crippen molar-refractivity contribution >= 4 is 24.5 Å². The van der Waals surface area contributed by atoms with Crippen molar-refractivity contribution in [1.29, 1.82) is 0 Å². The maximum Gasteiger partial charge on any atom is 0.0629 e. The van der Waals surface area contributed by atoms with Crippen LogP contribution >= 0.6 is 12.6 Å². The molecule has 0 aliphatic heterocycles. The molecule has 1 nitrogen and oxygen atoms in total. The molecular formula is C19H15NS. The van der Waals surface area contributed by atoms with Crippen molar-refractivity contribution in [3.05, 3.63) is 84.4 Å². The molecule has 0 amide bonds. The van der Waals surface area contributed by atoms with Gasteiger partial charge in [-0.25, -0.2) is 0 Å². The van der Waals surface area contributed by atoms with Gasteiger partial charge in [0.15, 0.2) is 0 Å². The number of hydrogen-bond donors (Lipinski definition) is 1.